The number of aliphatic hydroxyl groups is 1. The molecular weight excluding hydrogens is 321 g/mol. The number of aromatic nitrogens is 2. The monoisotopic (exact) mass is 340 g/mol. The molecule has 24 heavy (non-hydrogen) atoms. The minimum absolute atomic E-state index is 0.0799. The quantitative estimate of drug-likeness (QED) is 0.929. The van der Waals surface area contributed by atoms with E-state index in [1.165, 1.54) is 36.0 Å². The Kier molecular flexibility index (Phi) is 4.85. The minimum Gasteiger partial charge on any atom is -0.384 e. The molecule has 1 N–H and O–H groups in total. The lowest BCUT2D eigenvalue weighted by Gasteiger charge is -2.25. The smallest absolute Gasteiger partial charge is 0.384 e. The summed E-state index contributed by atoms with van der Waals surface area (Å²) in [7, 11) is 0. The van der Waals surface area contributed by atoms with Gasteiger partial charge >= 0.3 is 6.18 Å². The van der Waals surface area contributed by atoms with Gasteiger partial charge in [0.25, 0.3) is 5.56 Å². The Bertz CT molecular complexity index is 780. The van der Waals surface area contributed by atoms with Gasteiger partial charge in [-0.3, -0.25) is 9.36 Å². The lowest BCUT2D eigenvalue weighted by atomic mass is 9.94. The molecule has 1 aromatic carbocycles. The Labute approximate surface area is 137 Å². The second kappa shape index (κ2) is 6.39. The highest BCUT2D eigenvalue weighted by Gasteiger charge is 2.33. The summed E-state index contributed by atoms with van der Waals surface area (Å²) < 4.78 is 39.6. The van der Waals surface area contributed by atoms with E-state index in [1.54, 1.807) is 0 Å². The maximum Gasteiger partial charge on any atom is 0.416 e. The van der Waals surface area contributed by atoms with Crippen LogP contribution in [-0.4, -0.2) is 14.7 Å². The fraction of sp³-hybridized carbons (Fsp3) is 0.412. The van der Waals surface area contributed by atoms with E-state index >= 15 is 0 Å². The molecule has 1 atom stereocenters. The number of alkyl halides is 3. The van der Waals surface area contributed by atoms with Crippen LogP contribution in [-0.2, 0) is 18.3 Å². The molecule has 0 spiro atoms. The fourth-order valence-corrected chi connectivity index (χ4v) is 2.33. The standard InChI is InChI=1S/C17H19F3N2O2/c1-11(2)14-8-15(23)22(10-21-14)9-16(3,24)12-5-4-6-13(7-12)17(18,19)20/h4-8,10-11,24H,9H2,1-3H3/t16-/m1/s1. The summed E-state index contributed by atoms with van der Waals surface area (Å²) in [6.45, 7) is 4.96. The van der Waals surface area contributed by atoms with Gasteiger partial charge in [-0.15, -0.1) is 0 Å². The minimum atomic E-state index is -4.50. The zero-order valence-corrected chi connectivity index (χ0v) is 13.6. The molecule has 130 valence electrons. The number of hydrogen-bond donors (Lipinski definition) is 1. The molecule has 0 saturated carbocycles. The first-order valence-corrected chi connectivity index (χ1v) is 7.47. The average Bonchev–Trinajstić information content (AvgIpc) is 2.48. The van der Waals surface area contributed by atoms with E-state index in [0.717, 1.165) is 12.1 Å². The molecule has 0 bridgehead atoms. The summed E-state index contributed by atoms with van der Waals surface area (Å²) in [6.07, 6.45) is -3.19. The van der Waals surface area contributed by atoms with Gasteiger partial charge in [0.2, 0.25) is 0 Å². The summed E-state index contributed by atoms with van der Waals surface area (Å²) in [5.74, 6) is 0.0799. The fourth-order valence-electron chi connectivity index (χ4n) is 2.33. The lowest BCUT2D eigenvalue weighted by Crippen LogP contribution is -2.33. The number of nitrogens with zero attached hydrogens (tertiary/aromatic N) is 2. The highest BCUT2D eigenvalue weighted by molar-refractivity contribution is 5.29. The Morgan fingerprint density at radius 2 is 1.83 bits per heavy atom. The molecule has 2 rings (SSSR count). The van der Waals surface area contributed by atoms with Crippen LogP contribution in [0.15, 0.2) is 41.5 Å². The molecule has 2 aromatic rings. The highest BCUT2D eigenvalue weighted by Crippen LogP contribution is 2.32. The maximum atomic E-state index is 12.8. The van der Waals surface area contributed by atoms with Gasteiger partial charge < -0.3 is 5.11 Å². The van der Waals surface area contributed by atoms with Crippen LogP contribution in [0.3, 0.4) is 0 Å². The third-order valence-corrected chi connectivity index (χ3v) is 3.78. The van der Waals surface area contributed by atoms with Crippen molar-refractivity contribution in [3.05, 3.63) is 63.8 Å². The van der Waals surface area contributed by atoms with E-state index in [-0.39, 0.29) is 23.6 Å². The molecule has 0 amide bonds. The molecule has 0 aliphatic carbocycles. The topological polar surface area (TPSA) is 55.1 Å². The van der Waals surface area contributed by atoms with E-state index in [4.69, 9.17) is 0 Å². The third kappa shape index (κ3) is 4.03. The summed E-state index contributed by atoms with van der Waals surface area (Å²) in [6, 6.07) is 5.82. The van der Waals surface area contributed by atoms with Crippen LogP contribution in [0.1, 0.15) is 43.5 Å². The molecule has 4 nitrogen and oxygen atoms in total. The van der Waals surface area contributed by atoms with E-state index < -0.39 is 17.3 Å². The largest absolute Gasteiger partial charge is 0.416 e. The maximum absolute atomic E-state index is 12.8. The van der Waals surface area contributed by atoms with Gasteiger partial charge in [0.05, 0.1) is 24.1 Å². The number of rotatable bonds is 4. The van der Waals surface area contributed by atoms with Gasteiger partial charge in [-0.05, 0) is 30.5 Å². The molecule has 1 heterocycles. The first kappa shape index (κ1) is 18.2. The third-order valence-electron chi connectivity index (χ3n) is 3.78. The molecule has 0 radical (unpaired) electrons. The van der Waals surface area contributed by atoms with Crippen molar-refractivity contribution < 1.29 is 18.3 Å². The average molecular weight is 340 g/mol. The number of hydrogen-bond acceptors (Lipinski definition) is 3. The highest BCUT2D eigenvalue weighted by atomic mass is 19.4. The van der Waals surface area contributed by atoms with Crippen molar-refractivity contribution in [2.24, 2.45) is 0 Å². The summed E-state index contributed by atoms with van der Waals surface area (Å²) >= 11 is 0. The van der Waals surface area contributed by atoms with Crippen molar-refractivity contribution in [1.29, 1.82) is 0 Å². The van der Waals surface area contributed by atoms with Crippen molar-refractivity contribution in [3.8, 4) is 0 Å². The van der Waals surface area contributed by atoms with Crippen LogP contribution in [0, 0.1) is 0 Å². The second-order valence-electron chi connectivity index (χ2n) is 6.29. The van der Waals surface area contributed by atoms with Crippen LogP contribution in [0.25, 0.3) is 0 Å². The molecule has 0 saturated heterocycles. The first-order chi connectivity index (χ1) is 11.0. The van der Waals surface area contributed by atoms with E-state index in [1.807, 2.05) is 13.8 Å². The van der Waals surface area contributed by atoms with Gasteiger partial charge in [-0.1, -0.05) is 26.0 Å². The van der Waals surface area contributed by atoms with E-state index in [9.17, 15) is 23.1 Å². The van der Waals surface area contributed by atoms with Crippen molar-refractivity contribution in [3.63, 3.8) is 0 Å². The Morgan fingerprint density at radius 1 is 1.21 bits per heavy atom. The van der Waals surface area contributed by atoms with Crippen LogP contribution < -0.4 is 5.56 Å². The van der Waals surface area contributed by atoms with Gasteiger partial charge in [-0.2, -0.15) is 13.2 Å². The summed E-state index contributed by atoms with van der Waals surface area (Å²) in [5.41, 5.74) is -2.15. The molecular formula is C17H19F3N2O2. The summed E-state index contributed by atoms with van der Waals surface area (Å²) in [5, 5.41) is 10.6. The SMILES string of the molecule is CC(C)c1cc(=O)n(C[C@@](C)(O)c2cccc(C(F)(F)F)c2)cn1. The van der Waals surface area contributed by atoms with E-state index in [2.05, 4.69) is 4.98 Å². The molecule has 7 heteroatoms. The normalized spacial score (nSPS) is 14.7. The van der Waals surface area contributed by atoms with Gasteiger partial charge in [-0.25, -0.2) is 4.98 Å². The van der Waals surface area contributed by atoms with E-state index in [0.29, 0.717) is 5.69 Å². The second-order valence-corrected chi connectivity index (χ2v) is 6.29. The van der Waals surface area contributed by atoms with Gasteiger partial charge in [0.1, 0.15) is 5.60 Å². The van der Waals surface area contributed by atoms with Crippen molar-refractivity contribution in [1.82, 2.24) is 9.55 Å². The molecule has 1 aromatic heterocycles. The van der Waals surface area contributed by atoms with Gasteiger partial charge in [0.15, 0.2) is 0 Å². The van der Waals surface area contributed by atoms with Crippen LogP contribution >= 0.6 is 0 Å². The van der Waals surface area contributed by atoms with Crippen molar-refractivity contribution in [2.45, 2.75) is 45.0 Å². The Balaban J connectivity index is 2.34. The zero-order chi connectivity index (χ0) is 18.1. The van der Waals surface area contributed by atoms with Crippen molar-refractivity contribution in [2.75, 3.05) is 0 Å². The lowest BCUT2D eigenvalue weighted by molar-refractivity contribution is -0.137. The number of halogens is 3. The molecule has 0 unspecified atom stereocenters. The Morgan fingerprint density at radius 3 is 2.38 bits per heavy atom. The molecule has 0 aliphatic rings. The van der Waals surface area contributed by atoms with Crippen molar-refractivity contribution >= 4 is 0 Å². The summed E-state index contributed by atoms with van der Waals surface area (Å²) in [4.78, 5) is 16.3. The zero-order valence-electron chi connectivity index (χ0n) is 13.6. The van der Waals surface area contributed by atoms with Crippen LogP contribution in [0.2, 0.25) is 0 Å². The number of benzene rings is 1. The molecule has 0 fully saturated rings. The van der Waals surface area contributed by atoms with Crippen LogP contribution in [0.4, 0.5) is 13.2 Å². The predicted molar refractivity (Wildman–Crippen MR) is 83.6 cm³/mol. The Hall–Kier alpha value is -2.15. The van der Waals surface area contributed by atoms with Crippen LogP contribution in [0.5, 0.6) is 0 Å². The van der Waals surface area contributed by atoms with Gasteiger partial charge in [0, 0.05) is 6.07 Å². The molecule has 0 aliphatic heterocycles. The first-order valence-electron chi connectivity index (χ1n) is 7.47. The predicted octanol–water partition coefficient (Wildman–Crippen LogP) is 3.29.